The summed E-state index contributed by atoms with van der Waals surface area (Å²) in [6.07, 6.45) is 0.673. The predicted octanol–water partition coefficient (Wildman–Crippen LogP) is 3.13. The number of halogens is 1. The fourth-order valence-corrected chi connectivity index (χ4v) is 1.87. The molecule has 0 saturated carbocycles. The summed E-state index contributed by atoms with van der Waals surface area (Å²) in [5, 5.41) is 0.112. The number of carbonyl (C=O) groups is 2. The van der Waals surface area contributed by atoms with Gasteiger partial charge in [-0.25, -0.2) is 0 Å². The van der Waals surface area contributed by atoms with Crippen LogP contribution in [0.25, 0.3) is 0 Å². The molecule has 0 atom stereocenters. The van der Waals surface area contributed by atoms with E-state index < -0.39 is 0 Å². The van der Waals surface area contributed by atoms with Gasteiger partial charge in [-0.2, -0.15) is 0 Å². The van der Waals surface area contributed by atoms with Crippen LogP contribution in [-0.2, 0) is 4.79 Å². The first-order chi connectivity index (χ1) is 8.63. The Balaban J connectivity index is 2.51. The zero-order valence-electron chi connectivity index (χ0n) is 10.0. The van der Waals surface area contributed by atoms with E-state index in [4.69, 9.17) is 11.6 Å². The fourth-order valence-electron chi connectivity index (χ4n) is 1.23. The molecule has 0 saturated heterocycles. The summed E-state index contributed by atoms with van der Waals surface area (Å²) in [6, 6.07) is 7.04. The summed E-state index contributed by atoms with van der Waals surface area (Å²) in [5.41, 5.74) is 1.46. The van der Waals surface area contributed by atoms with Crippen LogP contribution in [-0.4, -0.2) is 22.5 Å². The molecular weight excluding hydrogens is 268 g/mol. The Morgan fingerprint density at radius 2 is 1.94 bits per heavy atom. The number of Topliss-reactive ketones (excluding diaryl/α,β-unsaturated/α-hetero) is 1. The summed E-state index contributed by atoms with van der Waals surface area (Å²) in [5.74, 6) is 6.59. The lowest BCUT2D eigenvalue weighted by atomic mass is 10.1. The molecule has 0 fully saturated rings. The first-order valence-electron chi connectivity index (χ1n) is 5.45. The Morgan fingerprint density at radius 3 is 2.50 bits per heavy atom. The van der Waals surface area contributed by atoms with Gasteiger partial charge in [0.15, 0.2) is 10.9 Å². The second kappa shape index (κ2) is 7.97. The highest BCUT2D eigenvalue weighted by molar-refractivity contribution is 8.13. The Hall–Kier alpha value is -1.24. The molecule has 1 aromatic rings. The number of hydrogen-bond donors (Lipinski definition) is 0. The Kier molecular flexibility index (Phi) is 6.56. The van der Waals surface area contributed by atoms with Crippen molar-refractivity contribution in [2.45, 2.75) is 13.3 Å². The lowest BCUT2D eigenvalue weighted by Crippen LogP contribution is -1.99. The number of alkyl halides is 1. The van der Waals surface area contributed by atoms with Gasteiger partial charge in [0.1, 0.15) is 0 Å². The van der Waals surface area contributed by atoms with Gasteiger partial charge in [-0.05, 0) is 12.1 Å². The molecule has 1 rings (SSSR count). The largest absolute Gasteiger partial charge is 0.293 e. The zero-order chi connectivity index (χ0) is 13.4. The average Bonchev–Trinajstić information content (AvgIpc) is 2.38. The van der Waals surface area contributed by atoms with Crippen LogP contribution in [0.4, 0.5) is 0 Å². The van der Waals surface area contributed by atoms with Crippen LogP contribution < -0.4 is 0 Å². The third kappa shape index (κ3) is 5.39. The average molecular weight is 281 g/mol. The normalized spacial score (nSPS) is 9.44. The summed E-state index contributed by atoms with van der Waals surface area (Å²) < 4.78 is 0. The zero-order valence-corrected chi connectivity index (χ0v) is 11.6. The number of benzene rings is 1. The number of ketones is 1. The van der Waals surface area contributed by atoms with Gasteiger partial charge in [-0.3, -0.25) is 9.59 Å². The van der Waals surface area contributed by atoms with Gasteiger partial charge in [0.2, 0.25) is 0 Å². The summed E-state index contributed by atoms with van der Waals surface area (Å²) >= 11 is 6.74. The smallest absolute Gasteiger partial charge is 0.185 e. The second-order valence-corrected chi connectivity index (χ2v) is 5.07. The van der Waals surface area contributed by atoms with Crippen molar-refractivity contribution in [3.05, 3.63) is 35.4 Å². The third-order valence-corrected chi connectivity index (χ3v) is 3.15. The molecule has 0 spiro atoms. The maximum Gasteiger partial charge on any atom is 0.185 e. The van der Waals surface area contributed by atoms with E-state index in [0.717, 1.165) is 5.56 Å². The van der Waals surface area contributed by atoms with Crippen LogP contribution in [0.5, 0.6) is 0 Å². The van der Waals surface area contributed by atoms with E-state index in [9.17, 15) is 9.59 Å². The van der Waals surface area contributed by atoms with Crippen molar-refractivity contribution in [1.29, 1.82) is 0 Å². The lowest BCUT2D eigenvalue weighted by molar-refractivity contribution is -0.109. The first-order valence-corrected chi connectivity index (χ1v) is 6.97. The highest BCUT2D eigenvalue weighted by atomic mass is 35.5. The topological polar surface area (TPSA) is 34.1 Å². The van der Waals surface area contributed by atoms with Gasteiger partial charge in [0.05, 0.1) is 5.88 Å². The first kappa shape index (κ1) is 14.8. The molecule has 0 heterocycles. The number of rotatable bonds is 4. The van der Waals surface area contributed by atoms with Crippen molar-refractivity contribution < 1.29 is 9.59 Å². The van der Waals surface area contributed by atoms with Gasteiger partial charge in [0, 0.05) is 30.2 Å². The van der Waals surface area contributed by atoms with Crippen molar-refractivity contribution in [3.8, 4) is 11.8 Å². The van der Waals surface area contributed by atoms with Crippen LogP contribution in [0.15, 0.2) is 24.3 Å². The van der Waals surface area contributed by atoms with Crippen molar-refractivity contribution in [2.75, 3.05) is 11.6 Å². The van der Waals surface area contributed by atoms with E-state index in [1.54, 1.807) is 31.2 Å². The van der Waals surface area contributed by atoms with Crippen LogP contribution >= 0.6 is 23.4 Å². The molecule has 18 heavy (non-hydrogen) atoms. The van der Waals surface area contributed by atoms with Crippen LogP contribution in [0.2, 0.25) is 0 Å². The second-order valence-electron chi connectivity index (χ2n) is 3.53. The molecule has 94 valence electrons. The van der Waals surface area contributed by atoms with Crippen LogP contribution in [0.1, 0.15) is 29.3 Å². The maximum absolute atomic E-state index is 11.3. The van der Waals surface area contributed by atoms with E-state index in [0.29, 0.717) is 17.7 Å². The molecule has 4 heteroatoms. The summed E-state index contributed by atoms with van der Waals surface area (Å²) in [4.78, 5) is 22.0. The van der Waals surface area contributed by atoms with Gasteiger partial charge in [-0.15, -0.1) is 11.6 Å². The molecule has 0 bridgehead atoms. The molecule has 0 aliphatic rings. The van der Waals surface area contributed by atoms with Gasteiger partial charge in [-0.1, -0.05) is 35.7 Å². The molecule has 0 aliphatic carbocycles. The lowest BCUT2D eigenvalue weighted by Gasteiger charge is -1.96. The number of thioether (sulfide) groups is 1. The van der Waals surface area contributed by atoms with Gasteiger partial charge in [0.25, 0.3) is 0 Å². The fraction of sp³-hybridized carbons (Fsp3) is 0.286. The Labute approximate surface area is 116 Å². The van der Waals surface area contributed by atoms with Gasteiger partial charge >= 0.3 is 0 Å². The third-order valence-electron chi connectivity index (χ3n) is 2.09. The van der Waals surface area contributed by atoms with E-state index in [2.05, 4.69) is 11.8 Å². The highest BCUT2D eigenvalue weighted by Crippen LogP contribution is 2.06. The summed E-state index contributed by atoms with van der Waals surface area (Å²) in [7, 11) is 0. The maximum atomic E-state index is 11.3. The molecule has 0 aliphatic heterocycles. The Morgan fingerprint density at radius 1 is 1.28 bits per heavy atom. The van der Waals surface area contributed by atoms with Crippen LogP contribution in [0, 0.1) is 11.8 Å². The van der Waals surface area contributed by atoms with E-state index in [-0.39, 0.29) is 16.8 Å². The monoisotopic (exact) mass is 280 g/mol. The van der Waals surface area contributed by atoms with Crippen molar-refractivity contribution >= 4 is 34.3 Å². The van der Waals surface area contributed by atoms with E-state index in [1.165, 1.54) is 11.8 Å². The number of carbonyl (C=O) groups excluding carboxylic acids is 2. The molecular formula is C14H13ClO2S. The van der Waals surface area contributed by atoms with Crippen molar-refractivity contribution in [1.82, 2.24) is 0 Å². The quantitative estimate of drug-likeness (QED) is 0.368. The standard InChI is InChI=1S/C14H13ClO2S/c1-11(16)18-9-3-2-4-12-5-7-13(8-6-12)14(17)10-15/h5-8H,3,9-10H2,1H3. The SMILES string of the molecule is CC(=O)SCCC#Cc1ccc(C(=O)CCl)cc1. The number of hydrogen-bond acceptors (Lipinski definition) is 3. The molecule has 0 N–H and O–H groups in total. The van der Waals surface area contributed by atoms with Gasteiger partial charge < -0.3 is 0 Å². The Bertz CT molecular complexity index is 483. The molecule has 0 amide bonds. The minimum atomic E-state index is -0.0889. The van der Waals surface area contributed by atoms with Crippen LogP contribution in [0.3, 0.4) is 0 Å². The predicted molar refractivity (Wildman–Crippen MR) is 76.1 cm³/mol. The summed E-state index contributed by atoms with van der Waals surface area (Å²) in [6.45, 7) is 1.55. The molecule has 2 nitrogen and oxygen atoms in total. The molecule has 0 unspecified atom stereocenters. The minimum Gasteiger partial charge on any atom is -0.293 e. The van der Waals surface area contributed by atoms with E-state index in [1.807, 2.05) is 0 Å². The van der Waals surface area contributed by atoms with E-state index >= 15 is 0 Å². The van der Waals surface area contributed by atoms with Crippen molar-refractivity contribution in [2.24, 2.45) is 0 Å². The molecule has 0 radical (unpaired) electrons. The molecule has 1 aromatic carbocycles. The minimum absolute atomic E-state index is 0.00665. The molecule has 0 aromatic heterocycles. The van der Waals surface area contributed by atoms with Crippen molar-refractivity contribution in [3.63, 3.8) is 0 Å². The highest BCUT2D eigenvalue weighted by Gasteiger charge is 2.02.